The lowest BCUT2D eigenvalue weighted by atomic mass is 9.96. The minimum absolute atomic E-state index is 0.0481. The summed E-state index contributed by atoms with van der Waals surface area (Å²) in [6.45, 7) is 6.57. The molecular weight excluding hydrogens is 494 g/mol. The van der Waals surface area contributed by atoms with Crippen LogP contribution in [-0.2, 0) is 9.53 Å². The van der Waals surface area contributed by atoms with Crippen molar-refractivity contribution in [1.29, 1.82) is 0 Å². The van der Waals surface area contributed by atoms with Crippen LogP contribution in [0, 0.1) is 5.92 Å². The van der Waals surface area contributed by atoms with E-state index in [1.165, 1.54) is 21.6 Å². The SMILES string of the molecule is CCCCC(=O)N(C)[C@H](C[C@@H](OCCCN1C(=O)c2ccccc2C1=O)c1nc(C(=O)O)cs1)C(C)C. The van der Waals surface area contributed by atoms with Crippen molar-refractivity contribution in [2.75, 3.05) is 20.2 Å². The highest BCUT2D eigenvalue weighted by atomic mass is 32.1. The lowest BCUT2D eigenvalue weighted by Gasteiger charge is -2.34. The van der Waals surface area contributed by atoms with Gasteiger partial charge in [-0.25, -0.2) is 9.78 Å². The third-order valence-corrected chi connectivity index (χ3v) is 7.54. The third kappa shape index (κ3) is 6.81. The number of carboxylic acids is 1. The van der Waals surface area contributed by atoms with Crippen LogP contribution in [0.3, 0.4) is 0 Å². The number of rotatable bonds is 14. The molecule has 2 aromatic rings. The van der Waals surface area contributed by atoms with E-state index in [9.17, 15) is 24.3 Å². The lowest BCUT2D eigenvalue weighted by Crippen LogP contribution is -2.41. The van der Waals surface area contributed by atoms with Gasteiger partial charge in [0, 0.05) is 44.5 Å². The number of carbonyl (C=O) groups excluding carboxylic acids is 3. The number of hydrogen-bond donors (Lipinski definition) is 1. The summed E-state index contributed by atoms with van der Waals surface area (Å²) in [5.74, 6) is -1.53. The molecule has 2 atom stereocenters. The van der Waals surface area contributed by atoms with Crippen molar-refractivity contribution < 1.29 is 29.0 Å². The third-order valence-electron chi connectivity index (χ3n) is 6.60. The van der Waals surface area contributed by atoms with Crippen LogP contribution in [0.1, 0.15) is 95.2 Å². The van der Waals surface area contributed by atoms with Gasteiger partial charge in [-0.2, -0.15) is 0 Å². The van der Waals surface area contributed by atoms with Crippen LogP contribution in [0.15, 0.2) is 29.6 Å². The molecule has 1 N–H and O–H groups in total. The number of benzene rings is 1. The average Bonchev–Trinajstić information content (AvgIpc) is 3.46. The number of amides is 3. The molecule has 1 aromatic heterocycles. The van der Waals surface area contributed by atoms with Gasteiger partial charge in [0.2, 0.25) is 5.91 Å². The molecule has 0 saturated heterocycles. The van der Waals surface area contributed by atoms with Crippen LogP contribution in [0.25, 0.3) is 0 Å². The zero-order valence-corrected chi connectivity index (χ0v) is 22.6. The number of carboxylic acid groups (broad SMARTS) is 1. The van der Waals surface area contributed by atoms with Crippen molar-refractivity contribution in [3.05, 3.63) is 51.5 Å². The van der Waals surface area contributed by atoms with Crippen LogP contribution in [0.2, 0.25) is 0 Å². The number of nitrogens with zero attached hydrogens (tertiary/aromatic N) is 3. The standard InChI is InChI=1S/C27H35N3O6S/c1-5-6-12-23(31)29(4)21(17(2)3)15-22(24-28-20(16-37-24)27(34)35)36-14-9-13-30-25(32)18-10-7-8-11-19(18)26(30)33/h7-8,10-11,16-17,21-22H,5-6,9,12-15H2,1-4H3,(H,34,35)/t21-,22-/m1/s1. The first-order valence-electron chi connectivity index (χ1n) is 12.7. The average molecular weight is 530 g/mol. The largest absolute Gasteiger partial charge is 0.476 e. The molecule has 0 saturated carbocycles. The first kappa shape index (κ1) is 28.5. The van der Waals surface area contributed by atoms with Gasteiger partial charge in [-0.1, -0.05) is 39.3 Å². The molecule has 200 valence electrons. The van der Waals surface area contributed by atoms with E-state index in [0.29, 0.717) is 35.4 Å². The number of thiazole rings is 1. The van der Waals surface area contributed by atoms with Crippen molar-refractivity contribution in [3.8, 4) is 0 Å². The molecule has 0 bridgehead atoms. The summed E-state index contributed by atoms with van der Waals surface area (Å²) in [5.41, 5.74) is 0.768. The van der Waals surface area contributed by atoms with Gasteiger partial charge in [0.25, 0.3) is 11.8 Å². The highest BCUT2D eigenvalue weighted by Crippen LogP contribution is 2.31. The summed E-state index contributed by atoms with van der Waals surface area (Å²) in [6, 6.07) is 6.62. The summed E-state index contributed by atoms with van der Waals surface area (Å²) in [5, 5.41) is 11.3. The Morgan fingerprint density at radius 2 is 1.78 bits per heavy atom. The van der Waals surface area contributed by atoms with Crippen LogP contribution in [0.4, 0.5) is 0 Å². The van der Waals surface area contributed by atoms with E-state index in [1.807, 2.05) is 20.8 Å². The predicted molar refractivity (Wildman–Crippen MR) is 140 cm³/mol. The van der Waals surface area contributed by atoms with Gasteiger partial charge in [-0.15, -0.1) is 11.3 Å². The second-order valence-electron chi connectivity index (χ2n) is 9.55. The van der Waals surface area contributed by atoms with E-state index < -0.39 is 12.1 Å². The zero-order valence-electron chi connectivity index (χ0n) is 21.8. The molecule has 1 aromatic carbocycles. The molecule has 37 heavy (non-hydrogen) atoms. The van der Waals surface area contributed by atoms with E-state index in [1.54, 1.807) is 36.2 Å². The van der Waals surface area contributed by atoms with Gasteiger partial charge in [0.05, 0.1) is 11.1 Å². The predicted octanol–water partition coefficient (Wildman–Crippen LogP) is 4.65. The maximum absolute atomic E-state index is 12.7. The van der Waals surface area contributed by atoms with Crippen LogP contribution < -0.4 is 0 Å². The quantitative estimate of drug-likeness (QED) is 0.280. The summed E-state index contributed by atoms with van der Waals surface area (Å²) in [6.07, 6.45) is 2.56. The van der Waals surface area contributed by atoms with Crippen molar-refractivity contribution in [2.45, 2.75) is 65.0 Å². The Kier molecular flexibility index (Phi) is 9.93. The molecule has 3 rings (SSSR count). The Labute approximate surface area is 221 Å². The summed E-state index contributed by atoms with van der Waals surface area (Å²) in [7, 11) is 1.80. The van der Waals surface area contributed by atoms with E-state index in [2.05, 4.69) is 4.98 Å². The Bertz CT molecular complexity index is 1100. The molecule has 0 unspecified atom stereocenters. The maximum atomic E-state index is 12.7. The van der Waals surface area contributed by atoms with Gasteiger partial charge in [-0.3, -0.25) is 19.3 Å². The second-order valence-corrected chi connectivity index (χ2v) is 10.4. The highest BCUT2D eigenvalue weighted by molar-refractivity contribution is 7.09. The summed E-state index contributed by atoms with van der Waals surface area (Å²) in [4.78, 5) is 56.6. The first-order valence-corrected chi connectivity index (χ1v) is 13.5. The molecule has 0 spiro atoms. The zero-order chi connectivity index (χ0) is 27.1. The number of unbranched alkanes of at least 4 members (excludes halogenated alkanes) is 1. The smallest absolute Gasteiger partial charge is 0.355 e. The lowest BCUT2D eigenvalue weighted by molar-refractivity contribution is -0.134. The van der Waals surface area contributed by atoms with E-state index >= 15 is 0 Å². The monoisotopic (exact) mass is 529 g/mol. The first-order chi connectivity index (χ1) is 17.6. The fraction of sp³-hybridized carbons (Fsp3) is 0.519. The number of fused-ring (bicyclic) bond motifs is 1. The molecule has 1 aliphatic rings. The second kappa shape index (κ2) is 12.9. The topological polar surface area (TPSA) is 117 Å². The number of aromatic nitrogens is 1. The van der Waals surface area contributed by atoms with Crippen molar-refractivity contribution in [1.82, 2.24) is 14.8 Å². The fourth-order valence-electron chi connectivity index (χ4n) is 4.45. The van der Waals surface area contributed by atoms with Crippen molar-refractivity contribution in [3.63, 3.8) is 0 Å². The summed E-state index contributed by atoms with van der Waals surface area (Å²) >= 11 is 1.21. The van der Waals surface area contributed by atoms with E-state index in [4.69, 9.17) is 4.74 Å². The van der Waals surface area contributed by atoms with Gasteiger partial charge in [0.15, 0.2) is 5.69 Å². The Balaban J connectivity index is 1.68. The van der Waals surface area contributed by atoms with E-state index in [0.717, 1.165) is 12.8 Å². The maximum Gasteiger partial charge on any atom is 0.355 e. The fourth-order valence-corrected chi connectivity index (χ4v) is 5.30. The molecule has 1 aliphatic heterocycles. The van der Waals surface area contributed by atoms with Crippen molar-refractivity contribution >= 4 is 35.0 Å². The van der Waals surface area contributed by atoms with Crippen LogP contribution in [-0.4, -0.2) is 69.8 Å². The highest BCUT2D eigenvalue weighted by Gasteiger charge is 2.35. The Morgan fingerprint density at radius 1 is 1.14 bits per heavy atom. The minimum Gasteiger partial charge on any atom is -0.476 e. The molecule has 9 nitrogen and oxygen atoms in total. The molecular formula is C27H35N3O6S. The van der Waals surface area contributed by atoms with Gasteiger partial charge in [0.1, 0.15) is 11.1 Å². The van der Waals surface area contributed by atoms with Crippen LogP contribution >= 0.6 is 11.3 Å². The number of imide groups is 1. The van der Waals surface area contributed by atoms with Crippen LogP contribution in [0.5, 0.6) is 0 Å². The molecule has 10 heteroatoms. The molecule has 0 fully saturated rings. The molecule has 0 radical (unpaired) electrons. The van der Waals surface area contributed by atoms with E-state index in [-0.39, 0.29) is 48.5 Å². The summed E-state index contributed by atoms with van der Waals surface area (Å²) < 4.78 is 6.19. The van der Waals surface area contributed by atoms with Gasteiger partial charge in [-0.05, 0) is 30.9 Å². The van der Waals surface area contributed by atoms with Gasteiger partial charge < -0.3 is 14.7 Å². The minimum atomic E-state index is -1.11. The number of hydrogen-bond acceptors (Lipinski definition) is 7. The number of ether oxygens (including phenoxy) is 1. The number of carbonyl (C=O) groups is 4. The Hall–Kier alpha value is -3.11. The van der Waals surface area contributed by atoms with Gasteiger partial charge >= 0.3 is 5.97 Å². The normalized spacial score (nSPS) is 14.7. The van der Waals surface area contributed by atoms with Crippen molar-refractivity contribution in [2.24, 2.45) is 5.92 Å². The Morgan fingerprint density at radius 3 is 2.32 bits per heavy atom. The molecule has 3 amide bonds. The molecule has 0 aliphatic carbocycles. The number of aromatic carboxylic acids is 1. The molecule has 2 heterocycles.